The van der Waals surface area contributed by atoms with Gasteiger partial charge in [-0.15, -0.1) is 0 Å². The van der Waals surface area contributed by atoms with Gasteiger partial charge in [0, 0.05) is 17.8 Å². The minimum Gasteiger partial charge on any atom is -0.384 e. The van der Waals surface area contributed by atoms with Gasteiger partial charge in [0.05, 0.1) is 11.3 Å². The molecule has 2 aromatic heterocycles. The van der Waals surface area contributed by atoms with Crippen LogP contribution in [-0.4, -0.2) is 25.7 Å². The van der Waals surface area contributed by atoms with Crippen molar-refractivity contribution in [2.45, 2.75) is 50.5 Å². The zero-order valence-electron chi connectivity index (χ0n) is 15.4. The summed E-state index contributed by atoms with van der Waals surface area (Å²) in [6.45, 7) is 1.63. The number of aromatic nitrogens is 2. The quantitative estimate of drug-likeness (QED) is 0.422. The summed E-state index contributed by atoms with van der Waals surface area (Å²) in [6, 6.07) is 1.45. The Morgan fingerprint density at radius 1 is 1.21 bits per heavy atom. The Hall–Kier alpha value is -2.91. The first-order valence-corrected chi connectivity index (χ1v) is 9.37. The van der Waals surface area contributed by atoms with Gasteiger partial charge < -0.3 is 26.6 Å². The Bertz CT molecular complexity index is 1100. The monoisotopic (exact) mass is 383 g/mol. The van der Waals surface area contributed by atoms with Crippen molar-refractivity contribution in [1.29, 1.82) is 0 Å². The van der Waals surface area contributed by atoms with Gasteiger partial charge in [-0.1, -0.05) is 6.42 Å². The molecular formula is C19H21N5O4. The lowest BCUT2D eigenvalue weighted by Crippen LogP contribution is -2.49. The fourth-order valence-electron chi connectivity index (χ4n) is 4.96. The van der Waals surface area contributed by atoms with Crippen molar-refractivity contribution in [3.05, 3.63) is 45.0 Å². The predicted octanol–water partition coefficient (Wildman–Crippen LogP) is 0.737. The van der Waals surface area contributed by atoms with Crippen molar-refractivity contribution in [2.75, 3.05) is 11.1 Å². The van der Waals surface area contributed by atoms with Crippen molar-refractivity contribution >= 4 is 23.1 Å². The van der Waals surface area contributed by atoms with Crippen LogP contribution in [0.25, 0.3) is 0 Å². The summed E-state index contributed by atoms with van der Waals surface area (Å²) in [5, 5.41) is 27.9. The standard InChI is InChI=1S/C19H21N5O4/c1-9-13-14(22-11-7-12(20)21-8-10(11)19(13,27)28)17(26)24-15(9)16(25)23-18(24)5-3-2-4-6-18/h7-8,22,27-28H,2-6H2,1H3,(H2,20,21)(H,23,25). The molecule has 5 rings (SSSR count). The lowest BCUT2D eigenvalue weighted by molar-refractivity contribution is -0.132. The van der Waals surface area contributed by atoms with E-state index in [1.165, 1.54) is 16.8 Å². The molecule has 9 heteroatoms. The molecule has 1 saturated carbocycles. The molecule has 1 aliphatic carbocycles. The van der Waals surface area contributed by atoms with Gasteiger partial charge in [0.1, 0.15) is 22.9 Å². The highest BCUT2D eigenvalue weighted by Crippen LogP contribution is 2.46. The zero-order valence-corrected chi connectivity index (χ0v) is 15.4. The smallest absolute Gasteiger partial charge is 0.277 e. The molecule has 1 amide bonds. The minimum absolute atomic E-state index is 0.0224. The summed E-state index contributed by atoms with van der Waals surface area (Å²) in [4.78, 5) is 30.2. The van der Waals surface area contributed by atoms with E-state index in [9.17, 15) is 19.8 Å². The average Bonchev–Trinajstić information content (AvgIpc) is 2.91. The summed E-state index contributed by atoms with van der Waals surface area (Å²) >= 11 is 0. The van der Waals surface area contributed by atoms with E-state index in [1.54, 1.807) is 6.92 Å². The van der Waals surface area contributed by atoms with Crippen LogP contribution in [0.2, 0.25) is 0 Å². The van der Waals surface area contributed by atoms with Crippen LogP contribution in [-0.2, 0) is 11.4 Å². The first kappa shape index (κ1) is 17.2. The van der Waals surface area contributed by atoms with Gasteiger partial charge in [-0.3, -0.25) is 14.2 Å². The topological polar surface area (TPSA) is 142 Å². The number of hydrogen-bond acceptors (Lipinski definition) is 7. The van der Waals surface area contributed by atoms with E-state index in [2.05, 4.69) is 15.6 Å². The SMILES string of the molecule is Cc1c2c(c(=O)n3c1C(=O)NC31CCCCC1)Nc1cc(N)ncc1C2(O)O. The first-order valence-electron chi connectivity index (χ1n) is 9.37. The van der Waals surface area contributed by atoms with Gasteiger partial charge in [-0.05, 0) is 38.2 Å². The fourth-order valence-corrected chi connectivity index (χ4v) is 4.96. The largest absolute Gasteiger partial charge is 0.384 e. The van der Waals surface area contributed by atoms with E-state index >= 15 is 0 Å². The average molecular weight is 383 g/mol. The number of nitrogens with one attached hydrogen (secondary N) is 2. The Balaban J connectivity index is 1.83. The maximum absolute atomic E-state index is 13.5. The molecule has 0 aromatic carbocycles. The second-order valence-electron chi connectivity index (χ2n) is 7.86. The third-order valence-corrected chi connectivity index (χ3v) is 6.20. The summed E-state index contributed by atoms with van der Waals surface area (Å²) in [5.41, 5.74) is 5.46. The van der Waals surface area contributed by atoms with Crippen LogP contribution in [0.4, 0.5) is 17.2 Å². The highest BCUT2D eigenvalue weighted by atomic mass is 16.5. The van der Waals surface area contributed by atoms with Crippen molar-refractivity contribution < 1.29 is 15.0 Å². The Labute approximate surface area is 160 Å². The van der Waals surface area contributed by atoms with Crippen molar-refractivity contribution in [2.24, 2.45) is 0 Å². The number of anilines is 3. The molecule has 1 fully saturated rings. The fraction of sp³-hybridized carbons (Fsp3) is 0.421. The highest BCUT2D eigenvalue weighted by Gasteiger charge is 2.49. The van der Waals surface area contributed by atoms with Gasteiger partial charge in [0.15, 0.2) is 0 Å². The number of amides is 1. The number of aliphatic hydroxyl groups is 2. The van der Waals surface area contributed by atoms with Gasteiger partial charge in [0.2, 0.25) is 5.79 Å². The number of pyridine rings is 2. The van der Waals surface area contributed by atoms with E-state index in [4.69, 9.17) is 5.73 Å². The van der Waals surface area contributed by atoms with Crippen LogP contribution in [0.15, 0.2) is 17.1 Å². The number of carbonyl (C=O) groups is 1. The van der Waals surface area contributed by atoms with Crippen molar-refractivity contribution in [3.63, 3.8) is 0 Å². The summed E-state index contributed by atoms with van der Waals surface area (Å²) in [7, 11) is 0. The zero-order chi connectivity index (χ0) is 19.8. The molecule has 6 N–H and O–H groups in total. The number of fused-ring (bicyclic) bond motifs is 4. The van der Waals surface area contributed by atoms with Crippen molar-refractivity contribution in [1.82, 2.24) is 14.9 Å². The summed E-state index contributed by atoms with van der Waals surface area (Å²) in [5.74, 6) is -2.65. The summed E-state index contributed by atoms with van der Waals surface area (Å²) < 4.78 is 1.52. The van der Waals surface area contributed by atoms with Crippen LogP contribution in [0.1, 0.15) is 59.3 Å². The van der Waals surface area contributed by atoms with E-state index in [1.807, 2.05) is 0 Å². The van der Waals surface area contributed by atoms with Crippen molar-refractivity contribution in [3.8, 4) is 0 Å². The van der Waals surface area contributed by atoms with E-state index in [-0.39, 0.29) is 34.2 Å². The minimum atomic E-state index is -2.47. The second-order valence-corrected chi connectivity index (χ2v) is 7.86. The molecule has 4 heterocycles. The normalized spacial score (nSPS) is 20.8. The predicted molar refractivity (Wildman–Crippen MR) is 101 cm³/mol. The van der Waals surface area contributed by atoms with Gasteiger partial charge in [-0.25, -0.2) is 4.98 Å². The molecular weight excluding hydrogens is 362 g/mol. The molecule has 1 spiro atoms. The van der Waals surface area contributed by atoms with E-state index in [0.29, 0.717) is 24.1 Å². The van der Waals surface area contributed by atoms with E-state index < -0.39 is 17.0 Å². The second kappa shape index (κ2) is 5.33. The van der Waals surface area contributed by atoms with E-state index in [0.717, 1.165) is 19.3 Å². The Morgan fingerprint density at radius 3 is 2.64 bits per heavy atom. The molecule has 9 nitrogen and oxygen atoms in total. The van der Waals surface area contributed by atoms with Gasteiger partial charge >= 0.3 is 0 Å². The first-order chi connectivity index (χ1) is 13.3. The molecule has 0 unspecified atom stereocenters. The van der Waals surface area contributed by atoms with Gasteiger partial charge in [-0.2, -0.15) is 0 Å². The van der Waals surface area contributed by atoms with Crippen LogP contribution in [0.5, 0.6) is 0 Å². The van der Waals surface area contributed by atoms with Crippen LogP contribution < -0.4 is 21.9 Å². The third kappa shape index (κ3) is 2.00. The Morgan fingerprint density at radius 2 is 1.93 bits per heavy atom. The summed E-state index contributed by atoms with van der Waals surface area (Å²) in [6.07, 6.45) is 5.46. The maximum Gasteiger partial charge on any atom is 0.277 e. The van der Waals surface area contributed by atoms with Gasteiger partial charge in [0.25, 0.3) is 11.5 Å². The molecule has 28 heavy (non-hydrogen) atoms. The van der Waals surface area contributed by atoms with Crippen LogP contribution in [0, 0.1) is 6.92 Å². The molecule has 0 saturated heterocycles. The molecule has 146 valence electrons. The maximum atomic E-state index is 13.5. The van der Waals surface area contributed by atoms with Crippen LogP contribution in [0.3, 0.4) is 0 Å². The van der Waals surface area contributed by atoms with Crippen LogP contribution >= 0.6 is 0 Å². The molecule has 2 aromatic rings. The highest BCUT2D eigenvalue weighted by molar-refractivity contribution is 5.98. The number of hydrogen-bond donors (Lipinski definition) is 5. The molecule has 3 aliphatic rings. The molecule has 0 bridgehead atoms. The number of nitrogens with zero attached hydrogens (tertiary/aromatic N) is 2. The number of nitrogen functional groups attached to an aromatic ring is 1. The Kier molecular flexibility index (Phi) is 3.28. The third-order valence-electron chi connectivity index (χ3n) is 6.20. The number of nitrogens with two attached hydrogens (primary N) is 1. The molecule has 0 atom stereocenters. The molecule has 0 radical (unpaired) electrons. The lowest BCUT2D eigenvalue weighted by atomic mass is 9.87. The number of carbonyl (C=O) groups excluding carboxylic acids is 1. The number of rotatable bonds is 0. The molecule has 2 aliphatic heterocycles. The lowest BCUT2D eigenvalue weighted by Gasteiger charge is -2.37.